The molecule has 0 saturated carbocycles. The molecule has 0 radical (unpaired) electrons. The van der Waals surface area contributed by atoms with Crippen molar-refractivity contribution in [3.8, 4) is 16.6 Å². The third kappa shape index (κ3) is 3.76. The SMILES string of the molecule is COc1ccc(Cc2noc(-c3sc(CC4CCNC4)nc3C)n2)cn1. The van der Waals surface area contributed by atoms with Crippen molar-refractivity contribution in [1.82, 2.24) is 25.4 Å². The summed E-state index contributed by atoms with van der Waals surface area (Å²) in [5.74, 6) is 2.45. The number of aromatic nitrogens is 4. The Morgan fingerprint density at radius 1 is 1.35 bits per heavy atom. The lowest BCUT2D eigenvalue weighted by atomic mass is 10.1. The zero-order valence-electron chi connectivity index (χ0n) is 14.9. The minimum atomic E-state index is 0.548. The zero-order chi connectivity index (χ0) is 17.9. The molecule has 0 aromatic carbocycles. The van der Waals surface area contributed by atoms with Crippen LogP contribution in [0.5, 0.6) is 5.88 Å². The summed E-state index contributed by atoms with van der Waals surface area (Å²) in [6, 6.07) is 3.78. The fourth-order valence-corrected chi connectivity index (χ4v) is 4.21. The first-order valence-electron chi connectivity index (χ1n) is 8.70. The van der Waals surface area contributed by atoms with E-state index in [1.165, 1.54) is 6.42 Å². The van der Waals surface area contributed by atoms with Gasteiger partial charge in [-0.15, -0.1) is 11.3 Å². The number of thiazole rings is 1. The topological polar surface area (TPSA) is 86.0 Å². The molecule has 7 nitrogen and oxygen atoms in total. The summed E-state index contributed by atoms with van der Waals surface area (Å²) in [6.45, 7) is 4.18. The summed E-state index contributed by atoms with van der Waals surface area (Å²) < 4.78 is 10.6. The Kier molecular flexibility index (Phi) is 4.94. The lowest BCUT2D eigenvalue weighted by Gasteiger charge is -2.03. The van der Waals surface area contributed by atoms with E-state index < -0.39 is 0 Å². The van der Waals surface area contributed by atoms with Crippen molar-refractivity contribution in [3.05, 3.63) is 40.4 Å². The van der Waals surface area contributed by atoms with E-state index in [0.29, 0.717) is 29.9 Å². The normalized spacial score (nSPS) is 16.9. The van der Waals surface area contributed by atoms with E-state index in [1.54, 1.807) is 24.6 Å². The van der Waals surface area contributed by atoms with E-state index in [4.69, 9.17) is 14.2 Å². The molecule has 1 aliphatic rings. The highest BCUT2D eigenvalue weighted by atomic mass is 32.1. The highest BCUT2D eigenvalue weighted by Crippen LogP contribution is 2.31. The number of nitrogens with zero attached hydrogens (tertiary/aromatic N) is 4. The van der Waals surface area contributed by atoms with Crippen LogP contribution in [-0.2, 0) is 12.8 Å². The van der Waals surface area contributed by atoms with Gasteiger partial charge in [0.1, 0.15) is 4.88 Å². The van der Waals surface area contributed by atoms with Crippen molar-refractivity contribution >= 4 is 11.3 Å². The Morgan fingerprint density at radius 2 is 2.27 bits per heavy atom. The van der Waals surface area contributed by atoms with Crippen molar-refractivity contribution in [2.45, 2.75) is 26.2 Å². The number of pyridine rings is 1. The van der Waals surface area contributed by atoms with Crippen LogP contribution in [0.2, 0.25) is 0 Å². The van der Waals surface area contributed by atoms with Crippen molar-refractivity contribution in [2.24, 2.45) is 5.92 Å². The van der Waals surface area contributed by atoms with E-state index in [1.807, 2.05) is 19.1 Å². The van der Waals surface area contributed by atoms with Crippen LogP contribution in [0, 0.1) is 12.8 Å². The predicted octanol–water partition coefficient (Wildman–Crippen LogP) is 2.65. The average Bonchev–Trinajstić information content (AvgIpc) is 3.38. The van der Waals surface area contributed by atoms with Crippen LogP contribution in [0.15, 0.2) is 22.9 Å². The van der Waals surface area contributed by atoms with Gasteiger partial charge >= 0.3 is 0 Å². The minimum absolute atomic E-state index is 0.548. The molecule has 1 aliphatic heterocycles. The Hall–Kier alpha value is -2.32. The third-order valence-electron chi connectivity index (χ3n) is 4.50. The molecular formula is C18H21N5O2S. The molecule has 136 valence electrons. The largest absolute Gasteiger partial charge is 0.481 e. The summed E-state index contributed by atoms with van der Waals surface area (Å²) in [5.41, 5.74) is 1.96. The molecule has 1 saturated heterocycles. The highest BCUT2D eigenvalue weighted by Gasteiger charge is 2.20. The van der Waals surface area contributed by atoms with Crippen molar-refractivity contribution in [3.63, 3.8) is 0 Å². The summed E-state index contributed by atoms with van der Waals surface area (Å²) in [4.78, 5) is 14.4. The molecule has 1 atom stereocenters. The number of aryl methyl sites for hydroxylation is 1. The van der Waals surface area contributed by atoms with Gasteiger partial charge in [0, 0.05) is 25.1 Å². The molecule has 3 aromatic rings. The standard InChI is InChI=1S/C18H21N5O2S/c1-11-17(26-16(21-11)8-13-5-6-19-9-13)18-22-14(23-25-18)7-12-3-4-15(24-2)20-10-12/h3-4,10,13,19H,5-9H2,1-2H3. The molecule has 1 unspecified atom stereocenters. The van der Waals surface area contributed by atoms with Crippen LogP contribution >= 0.6 is 11.3 Å². The minimum Gasteiger partial charge on any atom is -0.481 e. The number of rotatable bonds is 6. The van der Waals surface area contributed by atoms with Gasteiger partial charge in [-0.25, -0.2) is 9.97 Å². The average molecular weight is 371 g/mol. The monoisotopic (exact) mass is 371 g/mol. The van der Waals surface area contributed by atoms with Gasteiger partial charge in [-0.05, 0) is 37.9 Å². The molecule has 1 N–H and O–H groups in total. The highest BCUT2D eigenvalue weighted by molar-refractivity contribution is 7.15. The van der Waals surface area contributed by atoms with Gasteiger partial charge in [-0.3, -0.25) is 0 Å². The first-order valence-corrected chi connectivity index (χ1v) is 9.52. The van der Waals surface area contributed by atoms with E-state index >= 15 is 0 Å². The fraction of sp³-hybridized carbons (Fsp3) is 0.444. The van der Waals surface area contributed by atoms with Crippen LogP contribution in [0.25, 0.3) is 10.8 Å². The lowest BCUT2D eigenvalue weighted by molar-refractivity contribution is 0.397. The predicted molar refractivity (Wildman–Crippen MR) is 98.4 cm³/mol. The van der Waals surface area contributed by atoms with E-state index in [2.05, 4.69) is 20.4 Å². The fourth-order valence-electron chi connectivity index (χ4n) is 3.11. The Labute approximate surface area is 155 Å². The first kappa shape index (κ1) is 17.1. The van der Waals surface area contributed by atoms with Gasteiger partial charge in [0.05, 0.1) is 17.8 Å². The van der Waals surface area contributed by atoms with Crippen LogP contribution in [-0.4, -0.2) is 40.3 Å². The maximum Gasteiger partial charge on any atom is 0.269 e. The van der Waals surface area contributed by atoms with Crippen molar-refractivity contribution in [2.75, 3.05) is 20.2 Å². The second kappa shape index (κ2) is 7.51. The molecule has 1 fully saturated rings. The van der Waals surface area contributed by atoms with Gasteiger partial charge in [0.25, 0.3) is 5.89 Å². The van der Waals surface area contributed by atoms with E-state index in [-0.39, 0.29) is 0 Å². The molecule has 0 amide bonds. The van der Waals surface area contributed by atoms with Gasteiger partial charge in [0.15, 0.2) is 5.82 Å². The maximum atomic E-state index is 5.48. The number of hydrogen-bond donors (Lipinski definition) is 1. The molecule has 0 spiro atoms. The molecule has 0 bridgehead atoms. The maximum absolute atomic E-state index is 5.48. The molecular weight excluding hydrogens is 350 g/mol. The third-order valence-corrected chi connectivity index (χ3v) is 5.67. The number of hydrogen-bond acceptors (Lipinski definition) is 8. The smallest absolute Gasteiger partial charge is 0.269 e. The molecule has 4 heterocycles. The molecule has 0 aliphatic carbocycles. The summed E-state index contributed by atoms with van der Waals surface area (Å²) >= 11 is 1.66. The van der Waals surface area contributed by atoms with Crippen LogP contribution in [0.4, 0.5) is 0 Å². The number of methoxy groups -OCH3 is 1. The summed E-state index contributed by atoms with van der Waals surface area (Å²) in [7, 11) is 1.60. The molecule has 8 heteroatoms. The van der Waals surface area contributed by atoms with E-state index in [9.17, 15) is 0 Å². The van der Waals surface area contributed by atoms with Gasteiger partial charge in [0.2, 0.25) is 5.88 Å². The Balaban J connectivity index is 1.47. The zero-order valence-corrected chi connectivity index (χ0v) is 15.7. The van der Waals surface area contributed by atoms with Gasteiger partial charge in [-0.1, -0.05) is 11.2 Å². The van der Waals surface area contributed by atoms with Crippen molar-refractivity contribution < 1.29 is 9.26 Å². The Morgan fingerprint density at radius 3 is 3.00 bits per heavy atom. The Bertz CT molecular complexity index is 868. The van der Waals surface area contributed by atoms with Crippen molar-refractivity contribution in [1.29, 1.82) is 0 Å². The number of nitrogens with one attached hydrogen (secondary N) is 1. The molecule has 4 rings (SSSR count). The first-order chi connectivity index (χ1) is 12.7. The molecule has 26 heavy (non-hydrogen) atoms. The summed E-state index contributed by atoms with van der Waals surface area (Å²) in [6.07, 6.45) is 4.56. The second-order valence-electron chi connectivity index (χ2n) is 6.49. The van der Waals surface area contributed by atoms with Crippen LogP contribution in [0.1, 0.15) is 28.5 Å². The number of ether oxygens (including phenoxy) is 1. The van der Waals surface area contributed by atoms with Crippen LogP contribution < -0.4 is 10.1 Å². The van der Waals surface area contributed by atoms with Gasteiger partial charge in [-0.2, -0.15) is 4.98 Å². The van der Waals surface area contributed by atoms with Gasteiger partial charge < -0.3 is 14.6 Å². The quantitative estimate of drug-likeness (QED) is 0.713. The molecule has 3 aromatic heterocycles. The second-order valence-corrected chi connectivity index (χ2v) is 7.57. The van der Waals surface area contributed by atoms with E-state index in [0.717, 1.165) is 40.7 Å². The van der Waals surface area contributed by atoms with Crippen LogP contribution in [0.3, 0.4) is 0 Å². The lowest BCUT2D eigenvalue weighted by Crippen LogP contribution is -2.10. The summed E-state index contributed by atoms with van der Waals surface area (Å²) in [5, 5.41) is 8.65.